The molecule has 3 rings (SSSR count). The summed E-state index contributed by atoms with van der Waals surface area (Å²) in [6.07, 6.45) is 11.3. The zero-order valence-corrected chi connectivity index (χ0v) is 28.2. The quantitative estimate of drug-likeness (QED) is 0.0837. The van der Waals surface area contributed by atoms with Crippen LogP contribution in [0.4, 0.5) is 8.78 Å². The van der Waals surface area contributed by atoms with E-state index in [0.29, 0.717) is 6.42 Å². The second kappa shape index (κ2) is 18.9. The molecule has 0 radical (unpaired) electrons. The van der Waals surface area contributed by atoms with Gasteiger partial charge in [-0.2, -0.15) is 10.2 Å². The van der Waals surface area contributed by atoms with Crippen molar-refractivity contribution >= 4 is 7.82 Å². The molecule has 1 aromatic carbocycles. The number of phosphoric acid groups is 1. The van der Waals surface area contributed by atoms with Crippen LogP contribution in [-0.4, -0.2) is 48.8 Å². The maximum absolute atomic E-state index is 15.4. The molecular formula is C24H33F2N6Na2O5P. The van der Waals surface area contributed by atoms with Crippen LogP contribution in [-0.2, 0) is 32.3 Å². The minimum absolute atomic E-state index is 0. The van der Waals surface area contributed by atoms with Crippen molar-refractivity contribution in [2.75, 3.05) is 13.2 Å². The molecule has 3 aromatic rings. The molecule has 40 heavy (non-hydrogen) atoms. The molecule has 0 saturated heterocycles. The Bertz CT molecular complexity index is 1100. The van der Waals surface area contributed by atoms with Gasteiger partial charge < -0.3 is 23.6 Å². The Morgan fingerprint density at radius 3 is 2.02 bits per heavy atom. The van der Waals surface area contributed by atoms with Crippen LogP contribution in [0.15, 0.2) is 43.5 Å². The van der Waals surface area contributed by atoms with Crippen molar-refractivity contribution in [3.05, 3.63) is 60.7 Å². The van der Waals surface area contributed by atoms with Crippen molar-refractivity contribution < 1.29 is 91.5 Å². The molecule has 16 heteroatoms. The first-order chi connectivity index (χ1) is 18.2. The normalized spacial score (nSPS) is 12.5. The maximum Gasteiger partial charge on any atom is 1.00 e. The molecule has 1 atom stereocenters. The van der Waals surface area contributed by atoms with Gasteiger partial charge in [-0.15, -0.1) is 0 Å². The summed E-state index contributed by atoms with van der Waals surface area (Å²) in [5.41, 5.74) is -1.46. The summed E-state index contributed by atoms with van der Waals surface area (Å²) in [6.45, 7) is 1.49. The summed E-state index contributed by atoms with van der Waals surface area (Å²) in [5.74, 6) is -1.68. The molecule has 210 valence electrons. The van der Waals surface area contributed by atoms with Gasteiger partial charge in [0.1, 0.15) is 36.9 Å². The van der Waals surface area contributed by atoms with Crippen LogP contribution in [0.5, 0.6) is 0 Å². The third-order valence-electron chi connectivity index (χ3n) is 6.36. The van der Waals surface area contributed by atoms with Gasteiger partial charge >= 0.3 is 59.1 Å². The molecule has 0 bridgehead atoms. The zero-order chi connectivity index (χ0) is 27.4. The molecule has 0 aliphatic rings. The van der Waals surface area contributed by atoms with Crippen molar-refractivity contribution in [1.29, 1.82) is 0 Å². The topological polar surface area (TPSA) is 143 Å². The van der Waals surface area contributed by atoms with Crippen LogP contribution in [0, 0.1) is 11.6 Å². The number of hydrogen-bond acceptors (Lipinski definition) is 9. The Balaban J connectivity index is 0.00000400. The van der Waals surface area contributed by atoms with E-state index in [1.807, 2.05) is 0 Å². The number of hydrogen-bond donors (Lipinski definition) is 0. The first-order valence-corrected chi connectivity index (χ1v) is 14.1. The Morgan fingerprint density at radius 1 is 0.950 bits per heavy atom. The fraction of sp³-hybridized carbons (Fsp3) is 0.583. The molecule has 0 saturated carbocycles. The van der Waals surface area contributed by atoms with Crippen LogP contribution in [0.1, 0.15) is 57.4 Å². The number of ether oxygens (including phenoxy) is 1. The summed E-state index contributed by atoms with van der Waals surface area (Å²) in [4.78, 5) is 30.8. The van der Waals surface area contributed by atoms with E-state index in [0.717, 1.165) is 44.2 Å². The first kappa shape index (κ1) is 37.5. The number of phosphoric ester groups is 1. The Kier molecular flexibility index (Phi) is 17.7. The molecule has 11 nitrogen and oxygen atoms in total. The summed E-state index contributed by atoms with van der Waals surface area (Å²) >= 11 is 0. The van der Waals surface area contributed by atoms with Gasteiger partial charge in [0.15, 0.2) is 0 Å². The minimum Gasteiger partial charge on any atom is -0.790 e. The molecule has 0 N–H and O–H groups in total. The summed E-state index contributed by atoms with van der Waals surface area (Å²) < 4.78 is 54.5. The van der Waals surface area contributed by atoms with Crippen molar-refractivity contribution in [2.45, 2.75) is 76.5 Å². The van der Waals surface area contributed by atoms with E-state index in [1.165, 1.54) is 47.2 Å². The monoisotopic (exact) mass is 600 g/mol. The number of unbranched alkanes of at least 4 members (excludes halogenated alkanes) is 6. The second-order valence-electron chi connectivity index (χ2n) is 9.19. The van der Waals surface area contributed by atoms with Crippen LogP contribution in [0.3, 0.4) is 0 Å². The average Bonchev–Trinajstić information content (AvgIpc) is 3.56. The number of halogens is 2. The Morgan fingerprint density at radius 2 is 1.52 bits per heavy atom. The van der Waals surface area contributed by atoms with Crippen LogP contribution in [0.2, 0.25) is 0 Å². The number of nitrogens with zero attached hydrogens (tertiary/aromatic N) is 6. The third-order valence-corrected chi connectivity index (χ3v) is 6.82. The van der Waals surface area contributed by atoms with Gasteiger partial charge in [0.05, 0.1) is 39.0 Å². The molecule has 0 aliphatic heterocycles. The molecule has 0 amide bonds. The molecule has 2 heterocycles. The minimum atomic E-state index is -5.41. The fourth-order valence-corrected chi connectivity index (χ4v) is 4.83. The van der Waals surface area contributed by atoms with E-state index in [-0.39, 0.29) is 84.4 Å². The predicted octanol–water partition coefficient (Wildman–Crippen LogP) is -3.22. The molecule has 0 spiro atoms. The second-order valence-corrected chi connectivity index (χ2v) is 10.3. The molecular weight excluding hydrogens is 567 g/mol. The van der Waals surface area contributed by atoms with Gasteiger partial charge in [-0.25, -0.2) is 18.7 Å². The summed E-state index contributed by atoms with van der Waals surface area (Å²) in [6, 6.07) is 3.08. The Labute approximate surface area is 277 Å². The van der Waals surface area contributed by atoms with Crippen LogP contribution in [0.25, 0.3) is 0 Å². The predicted molar refractivity (Wildman–Crippen MR) is 129 cm³/mol. The Hall–Kier alpha value is -0.570. The van der Waals surface area contributed by atoms with E-state index in [2.05, 4.69) is 31.6 Å². The third kappa shape index (κ3) is 12.0. The molecule has 0 fully saturated rings. The largest absolute Gasteiger partial charge is 1.00 e. The van der Waals surface area contributed by atoms with E-state index in [9.17, 15) is 18.7 Å². The van der Waals surface area contributed by atoms with Gasteiger partial charge in [-0.05, 0) is 12.5 Å². The summed E-state index contributed by atoms with van der Waals surface area (Å²) in [5, 5.41) is 8.26. The van der Waals surface area contributed by atoms with Gasteiger partial charge in [0.2, 0.25) is 0 Å². The standard InChI is InChI=1S/C24H35F2N6O5P.2Na/c1-2-3-4-5-6-7-8-11-36-23(13-37-38(33,34)35)24(14-31-18-27-16-29-31,15-32-19-28-17-30-32)21-10-9-20(25)12-22(21)26;;/h9-10,12,16-19,23H,2-8,11,13-15H2,1H3,(H2,33,34,35);;/q;2*+1/p-2. The number of rotatable bonds is 18. The van der Waals surface area contributed by atoms with E-state index in [1.54, 1.807) is 0 Å². The van der Waals surface area contributed by atoms with E-state index >= 15 is 4.39 Å². The van der Waals surface area contributed by atoms with Crippen LogP contribution >= 0.6 is 7.82 Å². The van der Waals surface area contributed by atoms with Gasteiger partial charge in [0, 0.05) is 18.2 Å². The van der Waals surface area contributed by atoms with Crippen LogP contribution < -0.4 is 68.9 Å². The van der Waals surface area contributed by atoms with E-state index < -0.39 is 37.6 Å². The van der Waals surface area contributed by atoms with Crippen molar-refractivity contribution in [3.8, 4) is 0 Å². The van der Waals surface area contributed by atoms with Gasteiger partial charge in [0.25, 0.3) is 0 Å². The van der Waals surface area contributed by atoms with Crippen molar-refractivity contribution in [3.63, 3.8) is 0 Å². The molecule has 0 aliphatic carbocycles. The molecule has 2 aromatic heterocycles. The van der Waals surface area contributed by atoms with E-state index in [4.69, 9.17) is 4.74 Å². The maximum atomic E-state index is 15.4. The first-order valence-electron chi connectivity index (χ1n) is 12.6. The molecule has 1 unspecified atom stereocenters. The average molecular weight is 601 g/mol. The number of aromatic nitrogens is 6. The fourth-order valence-electron chi connectivity index (χ4n) is 4.51. The SMILES string of the molecule is CCCCCCCCCOC(COP(=O)([O-])[O-])C(Cn1cncn1)(Cn1cncn1)c1ccc(F)cc1F.[Na+].[Na+]. The van der Waals surface area contributed by atoms with Gasteiger partial charge in [-0.3, -0.25) is 9.36 Å². The van der Waals surface area contributed by atoms with Crippen molar-refractivity contribution in [2.24, 2.45) is 0 Å². The smallest absolute Gasteiger partial charge is 0.790 e. The van der Waals surface area contributed by atoms with Crippen molar-refractivity contribution in [1.82, 2.24) is 29.5 Å². The van der Waals surface area contributed by atoms with Gasteiger partial charge in [-0.1, -0.05) is 51.5 Å². The summed E-state index contributed by atoms with van der Waals surface area (Å²) in [7, 11) is -5.41. The zero-order valence-electron chi connectivity index (χ0n) is 23.3. The number of benzene rings is 1.